The van der Waals surface area contributed by atoms with E-state index in [0.717, 1.165) is 0 Å². The van der Waals surface area contributed by atoms with E-state index in [4.69, 9.17) is 0 Å². The highest BCUT2D eigenvalue weighted by atomic mass is 32.2. The normalized spacial score (nSPS) is 15.1. The van der Waals surface area contributed by atoms with Crippen molar-refractivity contribution < 1.29 is 0 Å². The minimum absolute atomic E-state index is 0.335. The van der Waals surface area contributed by atoms with Crippen molar-refractivity contribution in [3.63, 3.8) is 0 Å². The first-order chi connectivity index (χ1) is 9.42. The number of nitrogens with zero attached hydrogens (tertiary/aromatic N) is 1. The van der Waals surface area contributed by atoms with Crippen LogP contribution in [-0.2, 0) is 0 Å². The van der Waals surface area contributed by atoms with Gasteiger partial charge in [-0.15, -0.1) is 23.5 Å². The van der Waals surface area contributed by atoms with Crippen molar-refractivity contribution in [1.29, 1.82) is 0 Å². The average Bonchev–Trinajstić information content (AvgIpc) is 2.38. The Morgan fingerprint density at radius 2 is 1.80 bits per heavy atom. The Bertz CT molecular complexity index is 359. The summed E-state index contributed by atoms with van der Waals surface area (Å²) in [6, 6.07) is 4.28. The maximum Gasteiger partial charge on any atom is 0.0513 e. The fourth-order valence-electron chi connectivity index (χ4n) is 2.05. The molecule has 0 amide bonds. The molecule has 0 radical (unpaired) electrons. The number of unbranched alkanes of at least 4 members (excludes halogenated alkanes) is 2. The van der Waals surface area contributed by atoms with Crippen LogP contribution in [0.4, 0.5) is 0 Å². The summed E-state index contributed by atoms with van der Waals surface area (Å²) in [5, 5.41) is 0.541. The van der Waals surface area contributed by atoms with E-state index in [2.05, 4.69) is 75.3 Å². The molecule has 1 heterocycles. The Hall–Kier alpha value is -0.150. The average molecular weight is 312 g/mol. The van der Waals surface area contributed by atoms with Gasteiger partial charge >= 0.3 is 0 Å². The zero-order chi connectivity index (χ0) is 15.0. The molecule has 0 spiro atoms. The standard InChI is InChI=1S/C17H29NS2/c1-6-7-8-9-16(20-17(3,4)5)19-14(2)15-10-12-18-13-11-15/h10-14,16H,6-9H2,1-5H3. The molecule has 1 rings (SSSR count). The lowest BCUT2D eigenvalue weighted by atomic mass is 10.2. The quantitative estimate of drug-likeness (QED) is 0.412. The van der Waals surface area contributed by atoms with Crippen LogP contribution in [0.3, 0.4) is 0 Å². The largest absolute Gasteiger partial charge is 0.265 e. The lowest BCUT2D eigenvalue weighted by Gasteiger charge is -2.27. The molecule has 0 aliphatic carbocycles. The van der Waals surface area contributed by atoms with Crippen molar-refractivity contribution in [2.24, 2.45) is 0 Å². The highest BCUT2D eigenvalue weighted by Crippen LogP contribution is 2.43. The van der Waals surface area contributed by atoms with Crippen LogP contribution >= 0.6 is 23.5 Å². The second-order valence-electron chi connectivity index (χ2n) is 6.21. The number of pyridine rings is 1. The third-order valence-electron chi connectivity index (χ3n) is 3.06. The lowest BCUT2D eigenvalue weighted by molar-refractivity contribution is 0.691. The fraction of sp³-hybridized carbons (Fsp3) is 0.706. The van der Waals surface area contributed by atoms with Crippen molar-refractivity contribution in [3.05, 3.63) is 30.1 Å². The van der Waals surface area contributed by atoms with E-state index in [1.807, 2.05) is 12.4 Å². The Morgan fingerprint density at radius 3 is 2.35 bits per heavy atom. The monoisotopic (exact) mass is 311 g/mol. The molecule has 20 heavy (non-hydrogen) atoms. The first-order valence-electron chi connectivity index (χ1n) is 7.65. The highest BCUT2D eigenvalue weighted by Gasteiger charge is 2.22. The van der Waals surface area contributed by atoms with Crippen LogP contribution in [0.25, 0.3) is 0 Å². The van der Waals surface area contributed by atoms with E-state index in [-0.39, 0.29) is 0 Å². The number of thioether (sulfide) groups is 2. The SMILES string of the molecule is CCCCCC(SC(C)c1ccncc1)SC(C)(C)C. The molecule has 0 aromatic carbocycles. The van der Waals surface area contributed by atoms with Gasteiger partial charge < -0.3 is 0 Å². The van der Waals surface area contributed by atoms with E-state index in [1.165, 1.54) is 31.2 Å². The molecule has 114 valence electrons. The molecule has 2 atom stereocenters. The molecule has 0 saturated carbocycles. The van der Waals surface area contributed by atoms with Gasteiger partial charge in [-0.3, -0.25) is 4.98 Å². The van der Waals surface area contributed by atoms with Crippen LogP contribution in [0.2, 0.25) is 0 Å². The summed E-state index contributed by atoms with van der Waals surface area (Å²) in [7, 11) is 0. The van der Waals surface area contributed by atoms with Gasteiger partial charge in [0.25, 0.3) is 0 Å². The maximum absolute atomic E-state index is 4.11. The maximum atomic E-state index is 4.11. The molecule has 1 aromatic heterocycles. The van der Waals surface area contributed by atoms with Crippen LogP contribution in [0.5, 0.6) is 0 Å². The Labute approximate surface area is 133 Å². The second-order valence-corrected chi connectivity index (χ2v) is 10.1. The molecule has 0 saturated heterocycles. The van der Waals surface area contributed by atoms with Crippen molar-refractivity contribution in [2.45, 2.75) is 74.9 Å². The number of hydrogen-bond donors (Lipinski definition) is 0. The predicted molar refractivity (Wildman–Crippen MR) is 95.5 cm³/mol. The summed E-state index contributed by atoms with van der Waals surface area (Å²) >= 11 is 4.23. The van der Waals surface area contributed by atoms with Crippen LogP contribution in [0.1, 0.15) is 71.1 Å². The number of rotatable bonds is 8. The molecule has 0 aliphatic rings. The van der Waals surface area contributed by atoms with Gasteiger partial charge in [0, 0.05) is 22.4 Å². The molecule has 2 unspecified atom stereocenters. The van der Waals surface area contributed by atoms with Crippen LogP contribution < -0.4 is 0 Å². The van der Waals surface area contributed by atoms with E-state index < -0.39 is 0 Å². The smallest absolute Gasteiger partial charge is 0.0513 e. The molecule has 0 bridgehead atoms. The van der Waals surface area contributed by atoms with Crippen LogP contribution in [0.15, 0.2) is 24.5 Å². The van der Waals surface area contributed by atoms with Gasteiger partial charge in [0.2, 0.25) is 0 Å². The summed E-state index contributed by atoms with van der Waals surface area (Å²) in [5.74, 6) is 0. The molecule has 0 aliphatic heterocycles. The predicted octanol–water partition coefficient (Wildman–Crippen LogP) is 6.31. The van der Waals surface area contributed by atoms with Gasteiger partial charge in [-0.2, -0.15) is 0 Å². The summed E-state index contributed by atoms with van der Waals surface area (Å²) in [4.78, 5) is 4.11. The minimum Gasteiger partial charge on any atom is -0.265 e. The van der Waals surface area contributed by atoms with Gasteiger partial charge in [-0.1, -0.05) is 47.0 Å². The Morgan fingerprint density at radius 1 is 1.15 bits per heavy atom. The second kappa shape index (κ2) is 8.99. The molecule has 1 aromatic rings. The molecular weight excluding hydrogens is 282 g/mol. The number of aromatic nitrogens is 1. The van der Waals surface area contributed by atoms with Crippen molar-refractivity contribution >= 4 is 23.5 Å². The van der Waals surface area contributed by atoms with Gasteiger partial charge in [0.05, 0.1) is 4.58 Å². The van der Waals surface area contributed by atoms with Crippen molar-refractivity contribution in [1.82, 2.24) is 4.98 Å². The molecular formula is C17H29NS2. The minimum atomic E-state index is 0.335. The lowest BCUT2D eigenvalue weighted by Crippen LogP contribution is -2.14. The fourth-order valence-corrected chi connectivity index (χ4v) is 5.78. The van der Waals surface area contributed by atoms with Crippen molar-refractivity contribution in [2.75, 3.05) is 0 Å². The van der Waals surface area contributed by atoms with Gasteiger partial charge in [-0.25, -0.2) is 0 Å². The zero-order valence-electron chi connectivity index (χ0n) is 13.6. The van der Waals surface area contributed by atoms with Crippen LogP contribution in [-0.4, -0.2) is 14.3 Å². The highest BCUT2D eigenvalue weighted by molar-refractivity contribution is 8.17. The first-order valence-corrected chi connectivity index (χ1v) is 9.48. The summed E-state index contributed by atoms with van der Waals surface area (Å²) < 4.78 is 1.02. The molecule has 3 heteroatoms. The van der Waals surface area contributed by atoms with Gasteiger partial charge in [-0.05, 0) is 31.0 Å². The van der Waals surface area contributed by atoms with E-state index in [9.17, 15) is 0 Å². The van der Waals surface area contributed by atoms with E-state index in [1.54, 1.807) is 0 Å². The van der Waals surface area contributed by atoms with E-state index in [0.29, 0.717) is 14.6 Å². The van der Waals surface area contributed by atoms with E-state index >= 15 is 0 Å². The molecule has 1 nitrogen and oxygen atoms in total. The zero-order valence-corrected chi connectivity index (χ0v) is 15.2. The Kier molecular flexibility index (Phi) is 8.04. The number of hydrogen-bond acceptors (Lipinski definition) is 3. The first kappa shape index (κ1) is 17.9. The molecule has 0 fully saturated rings. The summed E-state index contributed by atoms with van der Waals surface area (Å²) in [6.45, 7) is 11.6. The Balaban J connectivity index is 2.58. The molecule has 0 N–H and O–H groups in total. The van der Waals surface area contributed by atoms with Crippen molar-refractivity contribution in [3.8, 4) is 0 Å². The summed E-state index contributed by atoms with van der Waals surface area (Å²) in [6.07, 6.45) is 9.11. The third kappa shape index (κ3) is 7.58. The van der Waals surface area contributed by atoms with Gasteiger partial charge in [0.1, 0.15) is 0 Å². The summed E-state index contributed by atoms with van der Waals surface area (Å²) in [5.41, 5.74) is 1.39. The third-order valence-corrected chi connectivity index (χ3v) is 6.11. The topological polar surface area (TPSA) is 12.9 Å². The van der Waals surface area contributed by atoms with Gasteiger partial charge in [0.15, 0.2) is 0 Å². The van der Waals surface area contributed by atoms with Crippen LogP contribution in [0, 0.1) is 0 Å².